The maximum absolute atomic E-state index is 13.0. The number of nitrogens with one attached hydrogen (secondary N) is 1. The second kappa shape index (κ2) is 7.51. The number of carbonyl (C=O) groups excluding carboxylic acids is 2. The van der Waals surface area contributed by atoms with Crippen molar-refractivity contribution in [3.63, 3.8) is 0 Å². The molecule has 1 aliphatic heterocycles. The van der Waals surface area contributed by atoms with Gasteiger partial charge in [0.2, 0.25) is 0 Å². The summed E-state index contributed by atoms with van der Waals surface area (Å²) in [5, 5.41) is 2.85. The van der Waals surface area contributed by atoms with E-state index in [0.29, 0.717) is 31.6 Å². The van der Waals surface area contributed by atoms with Crippen molar-refractivity contribution in [2.45, 2.75) is 19.5 Å². The minimum atomic E-state index is -0.307. The van der Waals surface area contributed by atoms with Crippen LogP contribution in [0.15, 0.2) is 36.7 Å². The number of hydrogen-bond acceptors (Lipinski definition) is 3. The topological polar surface area (TPSA) is 65.5 Å². The molecular weight excluding hydrogens is 335 g/mol. The molecule has 136 valence electrons. The van der Waals surface area contributed by atoms with Crippen LogP contribution in [0.2, 0.25) is 0 Å². The van der Waals surface area contributed by atoms with Crippen LogP contribution in [0.25, 0.3) is 0 Å². The Balaban J connectivity index is 1.71. The van der Waals surface area contributed by atoms with E-state index in [1.165, 1.54) is 17.0 Å². The zero-order valence-electron chi connectivity index (χ0n) is 14.8. The molecule has 0 bridgehead atoms. The second-order valence-electron chi connectivity index (χ2n) is 6.48. The number of rotatable bonds is 3. The van der Waals surface area contributed by atoms with Gasteiger partial charge in [-0.15, -0.1) is 0 Å². The van der Waals surface area contributed by atoms with Crippen molar-refractivity contribution in [1.82, 2.24) is 20.1 Å². The molecule has 26 heavy (non-hydrogen) atoms. The molecule has 3 amide bonds. The molecule has 0 spiro atoms. The first-order chi connectivity index (χ1) is 12.5. The highest BCUT2D eigenvalue weighted by Crippen LogP contribution is 2.22. The van der Waals surface area contributed by atoms with E-state index >= 15 is 0 Å². The SMILES string of the molecule is CN(C)C(=O)N1CCc2c(cncc2C(=O)NCc2ccc(F)cc2)C1. The number of hydrogen-bond donors (Lipinski definition) is 1. The van der Waals surface area contributed by atoms with Gasteiger partial charge in [-0.3, -0.25) is 9.78 Å². The van der Waals surface area contributed by atoms with Gasteiger partial charge in [-0.1, -0.05) is 12.1 Å². The Morgan fingerprint density at radius 2 is 1.96 bits per heavy atom. The van der Waals surface area contributed by atoms with Gasteiger partial charge in [0.25, 0.3) is 5.91 Å². The lowest BCUT2D eigenvalue weighted by molar-refractivity contribution is 0.0949. The number of pyridine rings is 1. The molecule has 1 aromatic carbocycles. The van der Waals surface area contributed by atoms with E-state index in [0.717, 1.165) is 16.7 Å². The summed E-state index contributed by atoms with van der Waals surface area (Å²) >= 11 is 0. The van der Waals surface area contributed by atoms with E-state index in [1.54, 1.807) is 43.5 Å². The van der Waals surface area contributed by atoms with Gasteiger partial charge in [-0.05, 0) is 35.2 Å². The van der Waals surface area contributed by atoms with Crippen LogP contribution in [0.3, 0.4) is 0 Å². The molecule has 0 unspecified atom stereocenters. The van der Waals surface area contributed by atoms with Crippen molar-refractivity contribution >= 4 is 11.9 Å². The molecule has 1 aromatic heterocycles. The van der Waals surface area contributed by atoms with E-state index in [1.807, 2.05) is 0 Å². The highest BCUT2D eigenvalue weighted by molar-refractivity contribution is 5.95. The fourth-order valence-corrected chi connectivity index (χ4v) is 3.02. The predicted molar refractivity (Wildman–Crippen MR) is 95.0 cm³/mol. The van der Waals surface area contributed by atoms with Crippen molar-refractivity contribution in [2.24, 2.45) is 0 Å². The summed E-state index contributed by atoms with van der Waals surface area (Å²) in [7, 11) is 3.44. The Bertz CT molecular complexity index is 821. The Labute approximate surface area is 151 Å². The second-order valence-corrected chi connectivity index (χ2v) is 6.48. The lowest BCUT2D eigenvalue weighted by Gasteiger charge is -2.31. The highest BCUT2D eigenvalue weighted by Gasteiger charge is 2.25. The van der Waals surface area contributed by atoms with Crippen LogP contribution < -0.4 is 5.32 Å². The zero-order valence-corrected chi connectivity index (χ0v) is 14.8. The normalized spacial score (nSPS) is 13.1. The number of nitrogens with zero attached hydrogens (tertiary/aromatic N) is 3. The molecule has 7 heteroatoms. The molecule has 0 fully saturated rings. The van der Waals surface area contributed by atoms with Crippen LogP contribution in [0.4, 0.5) is 9.18 Å². The Hall–Kier alpha value is -2.96. The molecule has 0 aliphatic carbocycles. The van der Waals surface area contributed by atoms with Crippen molar-refractivity contribution in [2.75, 3.05) is 20.6 Å². The average Bonchev–Trinajstić information content (AvgIpc) is 2.65. The van der Waals surface area contributed by atoms with Crippen LogP contribution in [-0.2, 0) is 19.5 Å². The smallest absolute Gasteiger partial charge is 0.319 e. The zero-order chi connectivity index (χ0) is 18.7. The first-order valence-corrected chi connectivity index (χ1v) is 8.40. The Morgan fingerprint density at radius 1 is 1.23 bits per heavy atom. The largest absolute Gasteiger partial charge is 0.348 e. The standard InChI is InChI=1S/C19H21FN4O2/c1-23(2)19(26)24-8-7-16-14(12-24)10-21-11-17(16)18(25)22-9-13-3-5-15(20)6-4-13/h3-6,10-11H,7-9,12H2,1-2H3,(H,22,25). The first-order valence-electron chi connectivity index (χ1n) is 8.40. The Kier molecular flexibility index (Phi) is 5.16. The minimum Gasteiger partial charge on any atom is -0.348 e. The van der Waals surface area contributed by atoms with Crippen molar-refractivity contribution in [3.05, 3.63) is 64.7 Å². The first kappa shape index (κ1) is 17.8. The third-order valence-electron chi connectivity index (χ3n) is 4.40. The summed E-state index contributed by atoms with van der Waals surface area (Å²) in [6.45, 7) is 1.32. The molecular formula is C19H21FN4O2. The number of benzene rings is 1. The number of carbonyl (C=O) groups is 2. The molecule has 1 aliphatic rings. The number of urea groups is 1. The Morgan fingerprint density at radius 3 is 2.65 bits per heavy atom. The fourth-order valence-electron chi connectivity index (χ4n) is 3.02. The number of halogens is 1. The maximum Gasteiger partial charge on any atom is 0.319 e. The van der Waals surface area contributed by atoms with Gasteiger partial charge in [0.15, 0.2) is 0 Å². The fraction of sp³-hybridized carbons (Fsp3) is 0.316. The molecule has 0 saturated carbocycles. The van der Waals surface area contributed by atoms with Crippen molar-refractivity contribution in [1.29, 1.82) is 0 Å². The summed E-state index contributed by atoms with van der Waals surface area (Å²) in [6.07, 6.45) is 3.88. The van der Waals surface area contributed by atoms with Gasteiger partial charge in [0.1, 0.15) is 5.82 Å². The van der Waals surface area contributed by atoms with Crippen molar-refractivity contribution < 1.29 is 14.0 Å². The molecule has 1 N–H and O–H groups in total. The van der Waals surface area contributed by atoms with Crippen LogP contribution in [0, 0.1) is 5.82 Å². The van der Waals surface area contributed by atoms with Crippen LogP contribution in [0.1, 0.15) is 27.0 Å². The van der Waals surface area contributed by atoms with Crippen LogP contribution in [-0.4, -0.2) is 47.4 Å². The van der Waals surface area contributed by atoms with E-state index < -0.39 is 0 Å². The molecule has 3 rings (SSSR count). The number of fused-ring (bicyclic) bond motifs is 1. The molecule has 2 aromatic rings. The summed E-state index contributed by atoms with van der Waals surface area (Å²) in [5.41, 5.74) is 3.17. The van der Waals surface area contributed by atoms with Crippen molar-refractivity contribution in [3.8, 4) is 0 Å². The summed E-state index contributed by atoms with van der Waals surface area (Å²) in [5.74, 6) is -0.524. The lowest BCUT2D eigenvalue weighted by Crippen LogP contribution is -2.42. The van der Waals surface area contributed by atoms with E-state index in [2.05, 4.69) is 10.3 Å². The average molecular weight is 356 g/mol. The lowest BCUT2D eigenvalue weighted by atomic mass is 9.97. The number of amides is 3. The molecule has 0 saturated heterocycles. The third kappa shape index (κ3) is 3.82. The van der Waals surface area contributed by atoms with E-state index in [-0.39, 0.29) is 17.8 Å². The molecule has 0 atom stereocenters. The molecule has 0 radical (unpaired) electrons. The van der Waals surface area contributed by atoms with Gasteiger partial charge < -0.3 is 15.1 Å². The molecule has 2 heterocycles. The van der Waals surface area contributed by atoms with E-state index in [4.69, 9.17) is 0 Å². The van der Waals surface area contributed by atoms with Gasteiger partial charge >= 0.3 is 6.03 Å². The van der Waals surface area contributed by atoms with Crippen LogP contribution >= 0.6 is 0 Å². The highest BCUT2D eigenvalue weighted by atomic mass is 19.1. The van der Waals surface area contributed by atoms with Crippen LogP contribution in [0.5, 0.6) is 0 Å². The van der Waals surface area contributed by atoms with Gasteiger partial charge in [0.05, 0.1) is 5.56 Å². The maximum atomic E-state index is 13.0. The quantitative estimate of drug-likeness (QED) is 0.917. The van der Waals surface area contributed by atoms with Gasteiger partial charge in [0, 0.05) is 46.1 Å². The predicted octanol–water partition coefficient (Wildman–Crippen LogP) is 2.19. The van der Waals surface area contributed by atoms with Gasteiger partial charge in [-0.25, -0.2) is 9.18 Å². The van der Waals surface area contributed by atoms with E-state index in [9.17, 15) is 14.0 Å². The molecule has 6 nitrogen and oxygen atoms in total. The number of aromatic nitrogens is 1. The summed E-state index contributed by atoms with van der Waals surface area (Å²) in [6, 6.07) is 5.95. The van der Waals surface area contributed by atoms with Gasteiger partial charge in [-0.2, -0.15) is 0 Å². The minimum absolute atomic E-state index is 0.0539. The summed E-state index contributed by atoms with van der Waals surface area (Å²) < 4.78 is 13.0. The third-order valence-corrected chi connectivity index (χ3v) is 4.40. The monoisotopic (exact) mass is 356 g/mol. The summed E-state index contributed by atoms with van der Waals surface area (Å²) in [4.78, 5) is 32.1.